The first-order valence-corrected chi connectivity index (χ1v) is 3.16. The number of ether oxygens (including phenoxy) is 2. The summed E-state index contributed by atoms with van der Waals surface area (Å²) in [5.41, 5.74) is 0. The van der Waals surface area contributed by atoms with Crippen LogP contribution in [-0.4, -0.2) is 25.9 Å². The Morgan fingerprint density at radius 2 is 1.90 bits per heavy atom. The lowest BCUT2D eigenvalue weighted by Crippen LogP contribution is -2.18. The van der Waals surface area contributed by atoms with Gasteiger partial charge < -0.3 is 9.47 Å². The van der Waals surface area contributed by atoms with E-state index in [1.807, 2.05) is 0 Å². The van der Waals surface area contributed by atoms with Crippen LogP contribution < -0.4 is 0 Å². The molecule has 0 amide bonds. The number of rotatable bonds is 5. The Kier molecular flexibility index (Phi) is 4.47. The van der Waals surface area contributed by atoms with Gasteiger partial charge in [0, 0.05) is 13.5 Å². The molecule has 0 aromatic rings. The Morgan fingerprint density at radius 3 is 2.30 bits per heavy atom. The van der Waals surface area contributed by atoms with E-state index in [1.165, 1.54) is 0 Å². The fraction of sp³-hybridized carbons (Fsp3) is 1.00. The molecule has 0 unspecified atom stereocenters. The highest BCUT2D eigenvalue weighted by molar-refractivity contribution is 4.38. The summed E-state index contributed by atoms with van der Waals surface area (Å²) in [6, 6.07) is 0. The molecular weight excluding hydrogens is 142 g/mol. The molecule has 0 radical (unpaired) electrons. The van der Waals surface area contributed by atoms with Crippen LogP contribution in [0.2, 0.25) is 0 Å². The highest BCUT2D eigenvalue weighted by atomic mass is 19.3. The SMILES string of the molecule is CCOCCOC(C)(F)F. The summed E-state index contributed by atoms with van der Waals surface area (Å²) in [7, 11) is 0. The molecule has 0 atom stereocenters. The summed E-state index contributed by atoms with van der Waals surface area (Å²) in [4.78, 5) is 0. The summed E-state index contributed by atoms with van der Waals surface area (Å²) >= 11 is 0. The number of halogens is 2. The molecule has 0 bridgehead atoms. The maximum atomic E-state index is 11.9. The van der Waals surface area contributed by atoms with Crippen molar-refractivity contribution in [2.75, 3.05) is 19.8 Å². The van der Waals surface area contributed by atoms with Crippen molar-refractivity contribution >= 4 is 0 Å². The van der Waals surface area contributed by atoms with E-state index < -0.39 is 6.11 Å². The molecule has 0 heterocycles. The molecule has 0 aliphatic heterocycles. The molecule has 10 heavy (non-hydrogen) atoms. The zero-order chi connectivity index (χ0) is 8.04. The van der Waals surface area contributed by atoms with Gasteiger partial charge >= 0.3 is 6.11 Å². The van der Waals surface area contributed by atoms with Gasteiger partial charge in [-0.3, -0.25) is 0 Å². The minimum atomic E-state index is -3.03. The number of hydrogen-bond acceptors (Lipinski definition) is 2. The van der Waals surface area contributed by atoms with Crippen molar-refractivity contribution in [2.45, 2.75) is 20.0 Å². The molecule has 4 heteroatoms. The lowest BCUT2D eigenvalue weighted by Gasteiger charge is -2.10. The fourth-order valence-electron chi connectivity index (χ4n) is 0.424. The molecular formula is C6H12F2O2. The number of hydrogen-bond donors (Lipinski definition) is 0. The van der Waals surface area contributed by atoms with Gasteiger partial charge in [-0.15, -0.1) is 0 Å². The van der Waals surface area contributed by atoms with E-state index >= 15 is 0 Å². The van der Waals surface area contributed by atoms with E-state index in [-0.39, 0.29) is 13.2 Å². The number of alkyl halides is 2. The minimum absolute atomic E-state index is 0.0582. The van der Waals surface area contributed by atoms with Crippen molar-refractivity contribution < 1.29 is 18.3 Å². The van der Waals surface area contributed by atoms with Crippen LogP contribution in [0.4, 0.5) is 8.78 Å². The van der Waals surface area contributed by atoms with Crippen LogP contribution in [-0.2, 0) is 9.47 Å². The molecule has 0 aliphatic rings. The third-order valence-electron chi connectivity index (χ3n) is 0.787. The van der Waals surface area contributed by atoms with Gasteiger partial charge in [0.05, 0.1) is 13.2 Å². The first-order valence-electron chi connectivity index (χ1n) is 3.16. The van der Waals surface area contributed by atoms with Gasteiger partial charge in [-0.1, -0.05) is 0 Å². The normalized spacial score (nSPS) is 12.0. The topological polar surface area (TPSA) is 18.5 Å². The van der Waals surface area contributed by atoms with E-state index in [4.69, 9.17) is 4.74 Å². The van der Waals surface area contributed by atoms with Crippen molar-refractivity contribution in [3.63, 3.8) is 0 Å². The average molecular weight is 154 g/mol. The van der Waals surface area contributed by atoms with E-state index in [0.717, 1.165) is 0 Å². The predicted molar refractivity (Wildman–Crippen MR) is 33.1 cm³/mol. The summed E-state index contributed by atoms with van der Waals surface area (Å²) in [5, 5.41) is 0. The Morgan fingerprint density at radius 1 is 1.30 bits per heavy atom. The Balaban J connectivity index is 3.04. The summed E-state index contributed by atoms with van der Waals surface area (Å²) in [6.07, 6.45) is -3.03. The maximum Gasteiger partial charge on any atom is 0.353 e. The zero-order valence-corrected chi connectivity index (χ0v) is 6.19. The highest BCUT2D eigenvalue weighted by Gasteiger charge is 2.20. The molecule has 0 aromatic heterocycles. The lowest BCUT2D eigenvalue weighted by molar-refractivity contribution is -0.229. The quantitative estimate of drug-likeness (QED) is 0.560. The van der Waals surface area contributed by atoms with Crippen molar-refractivity contribution in [2.24, 2.45) is 0 Å². The van der Waals surface area contributed by atoms with Crippen LogP contribution in [0.1, 0.15) is 13.8 Å². The first kappa shape index (κ1) is 9.78. The second kappa shape index (κ2) is 4.57. The fourth-order valence-corrected chi connectivity index (χ4v) is 0.424. The van der Waals surface area contributed by atoms with Crippen molar-refractivity contribution in [3.05, 3.63) is 0 Å². The summed E-state index contributed by atoms with van der Waals surface area (Å²) < 4.78 is 32.6. The molecule has 0 saturated carbocycles. The predicted octanol–water partition coefficient (Wildman–Crippen LogP) is 1.65. The van der Waals surface area contributed by atoms with Crippen molar-refractivity contribution in [1.29, 1.82) is 0 Å². The smallest absolute Gasteiger partial charge is 0.353 e. The molecule has 0 saturated heterocycles. The standard InChI is InChI=1S/C6H12F2O2/c1-3-9-4-5-10-6(2,7)8/h3-5H2,1-2H3. The van der Waals surface area contributed by atoms with E-state index in [1.54, 1.807) is 6.92 Å². The van der Waals surface area contributed by atoms with Crippen LogP contribution in [0.5, 0.6) is 0 Å². The summed E-state index contributed by atoms with van der Waals surface area (Å²) in [5.74, 6) is 0. The third kappa shape index (κ3) is 7.78. The van der Waals surface area contributed by atoms with E-state index in [2.05, 4.69) is 4.74 Å². The average Bonchev–Trinajstić information content (AvgIpc) is 1.78. The van der Waals surface area contributed by atoms with Gasteiger partial charge in [0.2, 0.25) is 0 Å². The lowest BCUT2D eigenvalue weighted by atomic mass is 10.7. The molecule has 0 rings (SSSR count). The van der Waals surface area contributed by atoms with Crippen molar-refractivity contribution in [1.82, 2.24) is 0 Å². The van der Waals surface area contributed by atoms with Gasteiger partial charge in [-0.25, -0.2) is 0 Å². The highest BCUT2D eigenvalue weighted by Crippen LogP contribution is 2.11. The van der Waals surface area contributed by atoms with Crippen LogP contribution >= 0.6 is 0 Å². The second-order valence-electron chi connectivity index (χ2n) is 1.85. The largest absolute Gasteiger partial charge is 0.379 e. The van der Waals surface area contributed by atoms with Gasteiger partial charge in [0.25, 0.3) is 0 Å². The van der Waals surface area contributed by atoms with Crippen LogP contribution in [0.25, 0.3) is 0 Å². The molecule has 2 nitrogen and oxygen atoms in total. The second-order valence-corrected chi connectivity index (χ2v) is 1.85. The summed E-state index contributed by atoms with van der Waals surface area (Å²) in [6.45, 7) is 3.19. The van der Waals surface area contributed by atoms with Crippen LogP contribution in [0.15, 0.2) is 0 Å². The van der Waals surface area contributed by atoms with Gasteiger partial charge in [-0.2, -0.15) is 8.78 Å². The van der Waals surface area contributed by atoms with Crippen molar-refractivity contribution in [3.8, 4) is 0 Å². The molecule has 0 spiro atoms. The first-order chi connectivity index (χ1) is 4.56. The third-order valence-corrected chi connectivity index (χ3v) is 0.787. The molecule has 0 aromatic carbocycles. The van der Waals surface area contributed by atoms with E-state index in [0.29, 0.717) is 13.5 Å². The molecule has 62 valence electrons. The van der Waals surface area contributed by atoms with Crippen LogP contribution in [0, 0.1) is 0 Å². The Bertz CT molecular complexity index is 80.3. The molecule has 0 aliphatic carbocycles. The van der Waals surface area contributed by atoms with Gasteiger partial charge in [0.1, 0.15) is 0 Å². The van der Waals surface area contributed by atoms with Gasteiger partial charge in [0.15, 0.2) is 0 Å². The maximum absolute atomic E-state index is 11.9. The monoisotopic (exact) mass is 154 g/mol. The Hall–Kier alpha value is -0.220. The van der Waals surface area contributed by atoms with Crippen LogP contribution in [0.3, 0.4) is 0 Å². The molecule has 0 N–H and O–H groups in total. The minimum Gasteiger partial charge on any atom is -0.379 e. The van der Waals surface area contributed by atoms with E-state index in [9.17, 15) is 8.78 Å². The van der Waals surface area contributed by atoms with Gasteiger partial charge in [-0.05, 0) is 6.92 Å². The zero-order valence-electron chi connectivity index (χ0n) is 6.19. The molecule has 0 fully saturated rings. The Labute approximate surface area is 59.1 Å².